The minimum atomic E-state index is -0.783. The Morgan fingerprint density at radius 2 is 2.03 bits per heavy atom. The maximum absolute atomic E-state index is 13.2. The number of hydrogen-bond donors (Lipinski definition) is 2. The van der Waals surface area contributed by atoms with Crippen molar-refractivity contribution in [3.63, 3.8) is 0 Å². The number of nitro benzene ring substituents is 1. The molecule has 0 atom stereocenters. The van der Waals surface area contributed by atoms with Gasteiger partial charge in [0.2, 0.25) is 5.91 Å². The van der Waals surface area contributed by atoms with Crippen molar-refractivity contribution in [1.29, 1.82) is 0 Å². The minimum absolute atomic E-state index is 0.0338. The smallest absolute Gasteiger partial charge is 0.311 e. The molecule has 9 nitrogen and oxygen atoms in total. The molecule has 0 bridgehead atoms. The molecule has 29 heavy (non-hydrogen) atoms. The number of hydrogen-bond acceptors (Lipinski definition) is 7. The van der Waals surface area contributed by atoms with Gasteiger partial charge in [-0.05, 0) is 47.7 Å². The number of aromatic hydroxyl groups is 1. The number of rotatable bonds is 5. The van der Waals surface area contributed by atoms with Crippen LogP contribution in [0.5, 0.6) is 5.75 Å². The number of amides is 3. The Labute approximate surface area is 167 Å². The second-order valence-corrected chi connectivity index (χ2v) is 6.82. The number of imide groups is 1. The third-order valence-corrected chi connectivity index (χ3v) is 4.69. The van der Waals surface area contributed by atoms with Crippen molar-refractivity contribution in [2.45, 2.75) is 0 Å². The predicted octanol–water partition coefficient (Wildman–Crippen LogP) is 3.11. The molecule has 0 radical (unpaired) electrons. The van der Waals surface area contributed by atoms with Crippen molar-refractivity contribution in [1.82, 2.24) is 4.90 Å². The van der Waals surface area contributed by atoms with Crippen molar-refractivity contribution in [3.8, 4) is 5.75 Å². The highest BCUT2D eigenvalue weighted by atomic mass is 32.2. The van der Waals surface area contributed by atoms with Crippen LogP contribution in [0, 0.1) is 15.9 Å². The molecule has 1 saturated heterocycles. The summed E-state index contributed by atoms with van der Waals surface area (Å²) in [5, 5.41) is 22.1. The molecule has 3 rings (SSSR count). The Balaban J connectivity index is 1.74. The molecule has 0 aromatic heterocycles. The number of carbonyl (C=O) groups is 3. The number of benzene rings is 2. The van der Waals surface area contributed by atoms with Gasteiger partial charge in [-0.1, -0.05) is 12.1 Å². The zero-order valence-corrected chi connectivity index (χ0v) is 15.3. The largest absolute Gasteiger partial charge is 0.502 e. The molecule has 148 valence electrons. The molecular formula is C18H12FN3O6S. The lowest BCUT2D eigenvalue weighted by Gasteiger charge is -2.12. The summed E-state index contributed by atoms with van der Waals surface area (Å²) in [5.74, 6) is -2.53. The highest BCUT2D eigenvalue weighted by molar-refractivity contribution is 8.18. The third kappa shape index (κ3) is 4.58. The molecular weight excluding hydrogens is 405 g/mol. The zero-order chi connectivity index (χ0) is 21.1. The van der Waals surface area contributed by atoms with Gasteiger partial charge in [0.25, 0.3) is 11.1 Å². The molecule has 0 saturated carbocycles. The fourth-order valence-electron chi connectivity index (χ4n) is 2.47. The van der Waals surface area contributed by atoms with Crippen molar-refractivity contribution < 1.29 is 28.8 Å². The molecule has 0 spiro atoms. The van der Waals surface area contributed by atoms with Gasteiger partial charge in [-0.2, -0.15) is 0 Å². The van der Waals surface area contributed by atoms with Gasteiger partial charge in [0, 0.05) is 11.8 Å². The average Bonchev–Trinajstić information content (AvgIpc) is 2.90. The van der Waals surface area contributed by atoms with Crippen LogP contribution in [0.25, 0.3) is 6.08 Å². The molecule has 1 aliphatic rings. The van der Waals surface area contributed by atoms with Crippen LogP contribution >= 0.6 is 11.8 Å². The Morgan fingerprint density at radius 1 is 1.28 bits per heavy atom. The Hall–Kier alpha value is -3.73. The van der Waals surface area contributed by atoms with Crippen LogP contribution in [0.2, 0.25) is 0 Å². The van der Waals surface area contributed by atoms with E-state index in [4.69, 9.17) is 0 Å². The van der Waals surface area contributed by atoms with E-state index < -0.39 is 45.8 Å². The van der Waals surface area contributed by atoms with Gasteiger partial charge in [-0.3, -0.25) is 29.4 Å². The highest BCUT2D eigenvalue weighted by Gasteiger charge is 2.36. The van der Waals surface area contributed by atoms with Crippen LogP contribution in [-0.2, 0) is 9.59 Å². The van der Waals surface area contributed by atoms with Crippen molar-refractivity contribution in [2.24, 2.45) is 0 Å². The second-order valence-electron chi connectivity index (χ2n) is 5.83. The van der Waals surface area contributed by atoms with Crippen molar-refractivity contribution >= 4 is 46.3 Å². The van der Waals surface area contributed by atoms with Gasteiger partial charge in [-0.25, -0.2) is 4.39 Å². The van der Waals surface area contributed by atoms with Gasteiger partial charge in [0.1, 0.15) is 12.4 Å². The van der Waals surface area contributed by atoms with Crippen LogP contribution in [0.3, 0.4) is 0 Å². The molecule has 2 aromatic carbocycles. The molecule has 11 heteroatoms. The highest BCUT2D eigenvalue weighted by Crippen LogP contribution is 2.34. The number of nitro groups is 1. The van der Waals surface area contributed by atoms with E-state index >= 15 is 0 Å². The van der Waals surface area contributed by atoms with Crippen molar-refractivity contribution in [2.75, 3.05) is 11.9 Å². The Morgan fingerprint density at radius 3 is 2.72 bits per heavy atom. The number of carbonyl (C=O) groups excluding carboxylic acids is 3. The normalized spacial score (nSPS) is 15.1. The number of halogens is 1. The topological polar surface area (TPSA) is 130 Å². The Kier molecular flexibility index (Phi) is 5.59. The molecule has 0 unspecified atom stereocenters. The van der Waals surface area contributed by atoms with Gasteiger partial charge in [0.15, 0.2) is 5.75 Å². The summed E-state index contributed by atoms with van der Waals surface area (Å²) >= 11 is 0.572. The molecule has 3 amide bonds. The number of nitrogens with zero attached hydrogens (tertiary/aromatic N) is 2. The quantitative estimate of drug-likeness (QED) is 0.434. The Bertz CT molecular complexity index is 1070. The molecule has 2 aromatic rings. The molecule has 1 aliphatic heterocycles. The number of phenolic OH excluding ortho intramolecular Hbond substituents is 1. The van der Waals surface area contributed by atoms with E-state index in [2.05, 4.69) is 5.32 Å². The summed E-state index contributed by atoms with van der Waals surface area (Å²) < 4.78 is 13.2. The number of nitrogens with one attached hydrogen (secondary N) is 1. The maximum atomic E-state index is 13.2. The van der Waals surface area contributed by atoms with E-state index in [1.165, 1.54) is 30.3 Å². The summed E-state index contributed by atoms with van der Waals surface area (Å²) in [7, 11) is 0. The lowest BCUT2D eigenvalue weighted by atomic mass is 10.1. The minimum Gasteiger partial charge on any atom is -0.502 e. The zero-order valence-electron chi connectivity index (χ0n) is 14.5. The van der Waals surface area contributed by atoms with Gasteiger partial charge in [-0.15, -0.1) is 0 Å². The number of phenols is 1. The summed E-state index contributed by atoms with van der Waals surface area (Å²) in [6, 6.07) is 8.62. The van der Waals surface area contributed by atoms with E-state index in [1.807, 2.05) is 0 Å². The van der Waals surface area contributed by atoms with E-state index in [0.717, 1.165) is 18.2 Å². The first-order valence-corrected chi connectivity index (χ1v) is 8.84. The van der Waals surface area contributed by atoms with Crippen LogP contribution in [0.15, 0.2) is 47.4 Å². The number of anilines is 1. The van der Waals surface area contributed by atoms with E-state index in [9.17, 15) is 34.0 Å². The average molecular weight is 417 g/mol. The van der Waals surface area contributed by atoms with E-state index in [0.29, 0.717) is 16.7 Å². The fourth-order valence-corrected chi connectivity index (χ4v) is 3.31. The molecule has 1 heterocycles. The first kappa shape index (κ1) is 20.0. The lowest BCUT2D eigenvalue weighted by molar-refractivity contribution is -0.385. The van der Waals surface area contributed by atoms with Gasteiger partial charge >= 0.3 is 5.69 Å². The van der Waals surface area contributed by atoms with Crippen LogP contribution in [0.4, 0.5) is 20.6 Å². The number of thioether (sulfide) groups is 1. The van der Waals surface area contributed by atoms with Crippen molar-refractivity contribution in [3.05, 3.63) is 68.9 Å². The van der Waals surface area contributed by atoms with Crippen LogP contribution < -0.4 is 5.32 Å². The predicted molar refractivity (Wildman–Crippen MR) is 102 cm³/mol. The summed E-state index contributed by atoms with van der Waals surface area (Å²) in [5.41, 5.74) is -0.148. The van der Waals surface area contributed by atoms with Crippen LogP contribution in [-0.4, -0.2) is 38.5 Å². The monoisotopic (exact) mass is 417 g/mol. The van der Waals surface area contributed by atoms with Crippen LogP contribution in [0.1, 0.15) is 5.56 Å². The first-order chi connectivity index (χ1) is 13.7. The fraction of sp³-hybridized carbons (Fsp3) is 0.0556. The third-order valence-electron chi connectivity index (χ3n) is 3.78. The van der Waals surface area contributed by atoms with Gasteiger partial charge < -0.3 is 10.4 Å². The molecule has 1 fully saturated rings. The standard InChI is InChI=1S/C18H12FN3O6S/c19-11-2-1-3-12(8-11)20-16(24)9-21-17(25)15(29-18(21)26)7-10-4-5-14(23)13(6-10)22(27)28/h1-8,23H,9H2,(H,20,24)/b15-7+. The summed E-state index contributed by atoms with van der Waals surface area (Å²) in [6.45, 7) is -0.575. The molecule has 2 N–H and O–H groups in total. The summed E-state index contributed by atoms with van der Waals surface area (Å²) in [6.07, 6.45) is 1.25. The van der Waals surface area contributed by atoms with Gasteiger partial charge in [0.05, 0.1) is 9.83 Å². The second kappa shape index (κ2) is 8.10. The SMILES string of the molecule is O=C(CN1C(=O)S/C(=C/c2ccc(O)c([N+](=O)[O-])c2)C1=O)Nc1cccc(F)c1. The lowest BCUT2D eigenvalue weighted by Crippen LogP contribution is -2.36. The maximum Gasteiger partial charge on any atom is 0.311 e. The molecule has 0 aliphatic carbocycles. The van der Waals surface area contributed by atoms with E-state index in [1.54, 1.807) is 0 Å². The first-order valence-electron chi connectivity index (χ1n) is 8.03. The summed E-state index contributed by atoms with van der Waals surface area (Å²) in [4.78, 5) is 47.4. The van der Waals surface area contributed by atoms with E-state index in [-0.39, 0.29) is 16.2 Å².